The Bertz CT molecular complexity index is 583. The van der Waals surface area contributed by atoms with E-state index >= 15 is 0 Å². The van der Waals surface area contributed by atoms with E-state index in [2.05, 4.69) is 5.32 Å². The summed E-state index contributed by atoms with van der Waals surface area (Å²) in [7, 11) is 0. The van der Waals surface area contributed by atoms with Gasteiger partial charge < -0.3 is 15.3 Å². The molecule has 1 fully saturated rings. The molecule has 2 unspecified atom stereocenters. The Balaban J connectivity index is 1.88. The second-order valence-electron chi connectivity index (χ2n) is 7.48. The molecule has 5 heteroatoms. The fourth-order valence-electron chi connectivity index (χ4n) is 3.24. The number of nitrogens with one attached hydrogen (secondary N) is 1. The Morgan fingerprint density at radius 2 is 1.96 bits per heavy atom. The third-order valence-electron chi connectivity index (χ3n) is 4.63. The summed E-state index contributed by atoms with van der Waals surface area (Å²) in [5, 5.41) is 12.7. The predicted molar refractivity (Wildman–Crippen MR) is 98.3 cm³/mol. The highest BCUT2D eigenvalue weighted by atomic mass is 16.3. The third kappa shape index (κ3) is 5.85. The fourth-order valence-corrected chi connectivity index (χ4v) is 3.24. The minimum absolute atomic E-state index is 0.0163. The molecule has 0 aromatic heterocycles. The number of nitrogens with zero attached hydrogens (tertiary/aromatic N) is 1. The highest BCUT2D eigenvalue weighted by Gasteiger charge is 2.29. The lowest BCUT2D eigenvalue weighted by Gasteiger charge is -2.32. The Morgan fingerprint density at radius 1 is 1.28 bits per heavy atom. The van der Waals surface area contributed by atoms with Crippen LogP contribution in [0.4, 0.5) is 0 Å². The quantitative estimate of drug-likeness (QED) is 0.831. The van der Waals surface area contributed by atoms with E-state index in [1.165, 1.54) is 0 Å². The Kier molecular flexibility index (Phi) is 7.00. The van der Waals surface area contributed by atoms with E-state index < -0.39 is 6.10 Å². The van der Waals surface area contributed by atoms with Gasteiger partial charge in [0, 0.05) is 25.2 Å². The van der Waals surface area contributed by atoms with Crippen molar-refractivity contribution < 1.29 is 14.7 Å². The number of piperidine rings is 1. The third-order valence-corrected chi connectivity index (χ3v) is 4.63. The van der Waals surface area contributed by atoms with Crippen LogP contribution in [-0.2, 0) is 4.79 Å². The molecule has 1 aliphatic rings. The zero-order valence-electron chi connectivity index (χ0n) is 15.5. The second-order valence-corrected chi connectivity index (χ2v) is 7.48. The second kappa shape index (κ2) is 8.99. The van der Waals surface area contributed by atoms with E-state index in [1.54, 1.807) is 4.90 Å². The standard InChI is InChI=1S/C20H30N2O3/c1-14(2)11-18(23)12-21-19(24)17-5-4-10-22(13-17)20(25)16-8-6-15(3)7-9-16/h6-9,14,17-18,23H,4-5,10-13H2,1-3H3,(H,21,24). The van der Waals surface area contributed by atoms with Gasteiger partial charge in [0.2, 0.25) is 5.91 Å². The number of rotatable bonds is 6. The van der Waals surface area contributed by atoms with Crippen molar-refractivity contribution in [1.29, 1.82) is 0 Å². The number of amides is 2. The average Bonchev–Trinajstić information content (AvgIpc) is 2.59. The van der Waals surface area contributed by atoms with E-state index in [0.29, 0.717) is 31.0 Å². The van der Waals surface area contributed by atoms with Crippen molar-refractivity contribution in [2.75, 3.05) is 19.6 Å². The molecule has 25 heavy (non-hydrogen) atoms. The summed E-state index contributed by atoms with van der Waals surface area (Å²) in [6, 6.07) is 7.53. The molecule has 1 aliphatic heterocycles. The SMILES string of the molecule is Cc1ccc(C(=O)N2CCCC(C(=O)NCC(O)CC(C)C)C2)cc1. The van der Waals surface area contributed by atoms with Crippen LogP contribution in [0.15, 0.2) is 24.3 Å². The molecule has 1 aromatic carbocycles. The summed E-state index contributed by atoms with van der Waals surface area (Å²) in [4.78, 5) is 26.8. The Morgan fingerprint density at radius 3 is 2.60 bits per heavy atom. The number of aryl methyl sites for hydroxylation is 1. The summed E-state index contributed by atoms with van der Waals surface area (Å²) in [6.45, 7) is 7.48. The van der Waals surface area contributed by atoms with E-state index in [4.69, 9.17) is 0 Å². The molecule has 0 aliphatic carbocycles. The number of carbonyl (C=O) groups is 2. The Labute approximate surface area is 150 Å². The largest absolute Gasteiger partial charge is 0.391 e. The van der Waals surface area contributed by atoms with Gasteiger partial charge in [-0.15, -0.1) is 0 Å². The zero-order valence-corrected chi connectivity index (χ0v) is 15.5. The minimum Gasteiger partial charge on any atom is -0.391 e. The van der Waals surface area contributed by atoms with Crippen LogP contribution >= 0.6 is 0 Å². The number of hydrogen-bond donors (Lipinski definition) is 2. The molecule has 0 bridgehead atoms. The molecule has 0 radical (unpaired) electrons. The predicted octanol–water partition coefficient (Wildman–Crippen LogP) is 2.37. The number of benzene rings is 1. The number of likely N-dealkylation sites (tertiary alicyclic amines) is 1. The molecular weight excluding hydrogens is 316 g/mol. The summed E-state index contributed by atoms with van der Waals surface area (Å²) >= 11 is 0. The van der Waals surface area contributed by atoms with Gasteiger partial charge in [0.15, 0.2) is 0 Å². The van der Waals surface area contributed by atoms with Crippen LogP contribution in [0.25, 0.3) is 0 Å². The van der Waals surface area contributed by atoms with Crippen molar-refractivity contribution in [3.63, 3.8) is 0 Å². The van der Waals surface area contributed by atoms with Crippen LogP contribution in [0, 0.1) is 18.8 Å². The first-order valence-electron chi connectivity index (χ1n) is 9.18. The minimum atomic E-state index is -0.516. The smallest absolute Gasteiger partial charge is 0.253 e. The lowest BCUT2D eigenvalue weighted by molar-refractivity contribution is -0.126. The van der Waals surface area contributed by atoms with Gasteiger partial charge in [-0.25, -0.2) is 0 Å². The lowest BCUT2D eigenvalue weighted by Crippen LogP contribution is -2.46. The monoisotopic (exact) mass is 346 g/mol. The first-order chi connectivity index (χ1) is 11.9. The maximum absolute atomic E-state index is 12.6. The van der Waals surface area contributed by atoms with Crippen LogP contribution in [0.2, 0.25) is 0 Å². The molecule has 1 heterocycles. The molecule has 2 rings (SSSR count). The maximum Gasteiger partial charge on any atom is 0.253 e. The van der Waals surface area contributed by atoms with Crippen LogP contribution < -0.4 is 5.32 Å². The number of aliphatic hydroxyl groups excluding tert-OH is 1. The topological polar surface area (TPSA) is 69.6 Å². The van der Waals surface area contributed by atoms with Crippen LogP contribution in [0.3, 0.4) is 0 Å². The number of hydrogen-bond acceptors (Lipinski definition) is 3. The summed E-state index contributed by atoms with van der Waals surface area (Å²) in [6.07, 6.45) is 1.76. The highest BCUT2D eigenvalue weighted by molar-refractivity contribution is 5.94. The number of aliphatic hydroxyl groups is 1. The maximum atomic E-state index is 12.6. The van der Waals surface area contributed by atoms with E-state index in [0.717, 1.165) is 18.4 Å². The normalized spacial score (nSPS) is 18.9. The zero-order chi connectivity index (χ0) is 18.4. The van der Waals surface area contributed by atoms with Crippen LogP contribution in [-0.4, -0.2) is 47.6 Å². The summed E-state index contributed by atoms with van der Waals surface area (Å²) < 4.78 is 0. The van der Waals surface area contributed by atoms with Crippen molar-refractivity contribution >= 4 is 11.8 Å². The van der Waals surface area contributed by atoms with Gasteiger partial charge >= 0.3 is 0 Å². The van der Waals surface area contributed by atoms with Crippen molar-refractivity contribution in [2.45, 2.75) is 46.1 Å². The molecule has 0 spiro atoms. The summed E-state index contributed by atoms with van der Waals surface area (Å²) in [5.41, 5.74) is 1.78. The lowest BCUT2D eigenvalue weighted by atomic mass is 9.96. The molecule has 5 nitrogen and oxygen atoms in total. The van der Waals surface area contributed by atoms with Crippen LogP contribution in [0.5, 0.6) is 0 Å². The van der Waals surface area contributed by atoms with E-state index in [9.17, 15) is 14.7 Å². The Hall–Kier alpha value is -1.88. The van der Waals surface area contributed by atoms with E-state index in [-0.39, 0.29) is 24.3 Å². The fraction of sp³-hybridized carbons (Fsp3) is 0.600. The van der Waals surface area contributed by atoms with Crippen molar-refractivity contribution in [2.24, 2.45) is 11.8 Å². The van der Waals surface area contributed by atoms with Crippen molar-refractivity contribution in [1.82, 2.24) is 10.2 Å². The molecule has 138 valence electrons. The first kappa shape index (κ1) is 19.4. The number of carbonyl (C=O) groups excluding carboxylic acids is 2. The first-order valence-corrected chi connectivity index (χ1v) is 9.18. The molecule has 0 saturated carbocycles. The molecule has 1 aromatic rings. The van der Waals surface area contributed by atoms with Gasteiger partial charge in [-0.1, -0.05) is 31.5 Å². The summed E-state index contributed by atoms with van der Waals surface area (Å²) in [5.74, 6) is 0.111. The van der Waals surface area contributed by atoms with Gasteiger partial charge in [-0.2, -0.15) is 0 Å². The molecular formula is C20H30N2O3. The molecule has 2 amide bonds. The molecule has 2 atom stereocenters. The average molecular weight is 346 g/mol. The van der Waals surface area contributed by atoms with Crippen molar-refractivity contribution in [3.8, 4) is 0 Å². The van der Waals surface area contributed by atoms with Gasteiger partial charge in [0.05, 0.1) is 12.0 Å². The van der Waals surface area contributed by atoms with Crippen LogP contribution in [0.1, 0.15) is 49.0 Å². The highest BCUT2D eigenvalue weighted by Crippen LogP contribution is 2.19. The molecule has 2 N–H and O–H groups in total. The van der Waals surface area contributed by atoms with Gasteiger partial charge in [0.25, 0.3) is 5.91 Å². The van der Waals surface area contributed by atoms with Gasteiger partial charge in [-0.3, -0.25) is 9.59 Å². The van der Waals surface area contributed by atoms with Gasteiger partial charge in [-0.05, 0) is 44.2 Å². The van der Waals surface area contributed by atoms with Crippen molar-refractivity contribution in [3.05, 3.63) is 35.4 Å². The van der Waals surface area contributed by atoms with Gasteiger partial charge in [0.1, 0.15) is 0 Å². The van der Waals surface area contributed by atoms with E-state index in [1.807, 2.05) is 45.0 Å². The molecule has 1 saturated heterocycles.